The number of nitrogens with two attached hydrogens (primary N) is 1. The summed E-state index contributed by atoms with van der Waals surface area (Å²) in [7, 11) is 0. The van der Waals surface area contributed by atoms with Crippen LogP contribution in [0.15, 0.2) is 30.3 Å². The lowest BCUT2D eigenvalue weighted by Gasteiger charge is -2.07. The number of carboxylic acids is 1. The van der Waals surface area contributed by atoms with Gasteiger partial charge in [0.15, 0.2) is 11.5 Å². The van der Waals surface area contributed by atoms with E-state index in [-0.39, 0.29) is 16.9 Å². The minimum absolute atomic E-state index is 0.113. The number of benzene rings is 1. The molecular weight excluding hydrogens is 242 g/mol. The minimum atomic E-state index is -1.40. The molecule has 2 aromatic rings. The monoisotopic (exact) mass is 250 g/mol. The van der Waals surface area contributed by atoms with Crippen LogP contribution in [-0.4, -0.2) is 16.1 Å². The van der Waals surface area contributed by atoms with Gasteiger partial charge in [-0.15, -0.1) is 0 Å². The Morgan fingerprint density at radius 2 is 1.89 bits per heavy atom. The lowest BCUT2D eigenvalue weighted by Crippen LogP contribution is -2.08. The quantitative estimate of drug-likeness (QED) is 0.857. The Kier molecular flexibility index (Phi) is 2.93. The molecule has 92 valence electrons. The molecule has 0 spiro atoms. The molecule has 1 aromatic carbocycles. The van der Waals surface area contributed by atoms with Crippen LogP contribution in [0, 0.1) is 11.6 Å². The molecule has 3 N–H and O–H groups in total. The first kappa shape index (κ1) is 12.0. The number of pyridine rings is 1. The van der Waals surface area contributed by atoms with Gasteiger partial charge in [0.2, 0.25) is 0 Å². The summed E-state index contributed by atoms with van der Waals surface area (Å²) >= 11 is 0. The molecule has 0 atom stereocenters. The van der Waals surface area contributed by atoms with Crippen LogP contribution in [0.2, 0.25) is 0 Å². The number of hydrogen-bond donors (Lipinski definition) is 2. The predicted octanol–water partition coefficient (Wildman–Crippen LogP) is 2.31. The second-order valence-corrected chi connectivity index (χ2v) is 3.54. The number of aromatic nitrogens is 1. The lowest BCUT2D eigenvalue weighted by molar-refractivity contribution is 0.0692. The number of carbonyl (C=O) groups is 1. The molecule has 6 heteroatoms. The predicted molar refractivity (Wildman–Crippen MR) is 61.0 cm³/mol. The molecule has 0 unspecified atom stereocenters. The summed E-state index contributed by atoms with van der Waals surface area (Å²) in [6.45, 7) is 0. The van der Waals surface area contributed by atoms with Gasteiger partial charge in [-0.05, 0) is 12.1 Å². The van der Waals surface area contributed by atoms with E-state index >= 15 is 0 Å². The van der Waals surface area contributed by atoms with Crippen molar-refractivity contribution in [3.8, 4) is 11.3 Å². The number of hydrogen-bond acceptors (Lipinski definition) is 3. The van der Waals surface area contributed by atoms with Crippen molar-refractivity contribution in [2.75, 3.05) is 5.73 Å². The molecule has 0 aliphatic carbocycles. The topological polar surface area (TPSA) is 76.2 Å². The zero-order chi connectivity index (χ0) is 13.3. The van der Waals surface area contributed by atoms with Gasteiger partial charge in [-0.25, -0.2) is 18.6 Å². The van der Waals surface area contributed by atoms with E-state index < -0.39 is 23.3 Å². The van der Waals surface area contributed by atoms with E-state index in [9.17, 15) is 13.6 Å². The van der Waals surface area contributed by atoms with Crippen LogP contribution in [0.1, 0.15) is 10.5 Å². The SMILES string of the molecule is Nc1cc(F)c(-c2ccccc2F)nc1C(=O)O. The van der Waals surface area contributed by atoms with E-state index in [1.165, 1.54) is 18.2 Å². The van der Waals surface area contributed by atoms with Crippen LogP contribution < -0.4 is 5.73 Å². The van der Waals surface area contributed by atoms with Crippen molar-refractivity contribution in [2.45, 2.75) is 0 Å². The first-order chi connectivity index (χ1) is 8.50. The molecule has 0 saturated heterocycles. The Morgan fingerprint density at radius 3 is 2.50 bits per heavy atom. The summed E-state index contributed by atoms with van der Waals surface area (Å²) in [6, 6.07) is 6.19. The fraction of sp³-hybridized carbons (Fsp3) is 0. The largest absolute Gasteiger partial charge is 0.476 e. The van der Waals surface area contributed by atoms with Gasteiger partial charge in [0.05, 0.1) is 5.69 Å². The first-order valence-corrected chi connectivity index (χ1v) is 4.95. The summed E-state index contributed by atoms with van der Waals surface area (Å²) in [5.74, 6) is -2.96. The molecule has 2 rings (SSSR count). The molecule has 0 fully saturated rings. The fourth-order valence-electron chi connectivity index (χ4n) is 1.52. The highest BCUT2D eigenvalue weighted by molar-refractivity contribution is 5.92. The Morgan fingerprint density at radius 1 is 1.22 bits per heavy atom. The molecule has 0 bridgehead atoms. The normalized spacial score (nSPS) is 10.3. The Bertz CT molecular complexity index is 629. The Balaban J connectivity index is 2.69. The summed E-state index contributed by atoms with van der Waals surface area (Å²) in [5.41, 5.74) is 4.03. The third-order valence-corrected chi connectivity index (χ3v) is 2.34. The highest BCUT2D eigenvalue weighted by Crippen LogP contribution is 2.26. The zero-order valence-electron chi connectivity index (χ0n) is 9.02. The zero-order valence-corrected chi connectivity index (χ0v) is 9.02. The van der Waals surface area contributed by atoms with Crippen molar-refractivity contribution in [1.29, 1.82) is 0 Å². The van der Waals surface area contributed by atoms with E-state index in [1.54, 1.807) is 0 Å². The average molecular weight is 250 g/mol. The van der Waals surface area contributed by atoms with Gasteiger partial charge in [-0.1, -0.05) is 12.1 Å². The van der Waals surface area contributed by atoms with Crippen LogP contribution in [0.4, 0.5) is 14.5 Å². The second-order valence-electron chi connectivity index (χ2n) is 3.54. The molecular formula is C12H8F2N2O2. The Labute approximate surface area is 101 Å². The van der Waals surface area contributed by atoms with Gasteiger partial charge in [0, 0.05) is 11.6 Å². The van der Waals surface area contributed by atoms with Crippen LogP contribution in [0.3, 0.4) is 0 Å². The number of carboxylic acid groups (broad SMARTS) is 1. The smallest absolute Gasteiger partial charge is 0.356 e. The molecule has 18 heavy (non-hydrogen) atoms. The minimum Gasteiger partial charge on any atom is -0.476 e. The number of aromatic carboxylic acids is 1. The number of halogens is 2. The third-order valence-electron chi connectivity index (χ3n) is 2.34. The average Bonchev–Trinajstić information content (AvgIpc) is 2.30. The second kappa shape index (κ2) is 4.40. The van der Waals surface area contributed by atoms with Gasteiger partial charge in [-0.2, -0.15) is 0 Å². The van der Waals surface area contributed by atoms with Gasteiger partial charge < -0.3 is 10.8 Å². The van der Waals surface area contributed by atoms with Crippen LogP contribution >= 0.6 is 0 Å². The summed E-state index contributed by atoms with van der Waals surface area (Å²) in [5, 5.41) is 8.84. The van der Waals surface area contributed by atoms with Crippen LogP contribution in [0.5, 0.6) is 0 Å². The fourth-order valence-corrected chi connectivity index (χ4v) is 1.52. The van der Waals surface area contributed by atoms with Crippen LogP contribution in [0.25, 0.3) is 11.3 Å². The van der Waals surface area contributed by atoms with E-state index in [1.807, 2.05) is 0 Å². The highest BCUT2D eigenvalue weighted by Gasteiger charge is 2.18. The van der Waals surface area contributed by atoms with Gasteiger partial charge >= 0.3 is 5.97 Å². The van der Waals surface area contributed by atoms with Crippen molar-refractivity contribution in [3.05, 3.63) is 47.7 Å². The van der Waals surface area contributed by atoms with Crippen molar-refractivity contribution in [3.63, 3.8) is 0 Å². The summed E-state index contributed by atoms with van der Waals surface area (Å²) in [6.07, 6.45) is 0. The van der Waals surface area contributed by atoms with Crippen LogP contribution in [-0.2, 0) is 0 Å². The molecule has 0 amide bonds. The maximum atomic E-state index is 13.7. The van der Waals surface area contributed by atoms with E-state index in [0.717, 1.165) is 12.1 Å². The standard InChI is InChI=1S/C12H8F2N2O2/c13-7-4-2-1-3-6(7)10-8(14)5-9(15)11(16-10)12(17)18/h1-5H,15H2,(H,17,18). The van der Waals surface area contributed by atoms with Gasteiger partial charge in [-0.3, -0.25) is 0 Å². The summed E-state index contributed by atoms with van der Waals surface area (Å²) < 4.78 is 27.2. The van der Waals surface area contributed by atoms with Crippen molar-refractivity contribution in [2.24, 2.45) is 0 Å². The molecule has 1 heterocycles. The third kappa shape index (κ3) is 2.00. The summed E-state index contributed by atoms with van der Waals surface area (Å²) in [4.78, 5) is 14.4. The number of nitrogen functional groups attached to an aromatic ring is 1. The van der Waals surface area contributed by atoms with Crippen molar-refractivity contribution < 1.29 is 18.7 Å². The van der Waals surface area contributed by atoms with Crippen molar-refractivity contribution >= 4 is 11.7 Å². The maximum absolute atomic E-state index is 13.7. The highest BCUT2D eigenvalue weighted by atomic mass is 19.1. The lowest BCUT2D eigenvalue weighted by atomic mass is 10.1. The number of nitrogens with zero attached hydrogens (tertiary/aromatic N) is 1. The molecule has 0 aliphatic rings. The number of anilines is 1. The van der Waals surface area contributed by atoms with Gasteiger partial charge in [0.1, 0.15) is 11.5 Å². The molecule has 4 nitrogen and oxygen atoms in total. The Hall–Kier alpha value is -2.50. The van der Waals surface area contributed by atoms with Gasteiger partial charge in [0.25, 0.3) is 0 Å². The molecule has 0 radical (unpaired) electrons. The number of rotatable bonds is 2. The molecule has 0 aliphatic heterocycles. The first-order valence-electron chi connectivity index (χ1n) is 4.95. The van der Waals surface area contributed by atoms with E-state index in [2.05, 4.69) is 4.98 Å². The molecule has 0 saturated carbocycles. The van der Waals surface area contributed by atoms with E-state index in [4.69, 9.17) is 10.8 Å². The van der Waals surface area contributed by atoms with Crippen molar-refractivity contribution in [1.82, 2.24) is 4.98 Å². The maximum Gasteiger partial charge on any atom is 0.356 e. The van der Waals surface area contributed by atoms with E-state index in [0.29, 0.717) is 0 Å². The molecule has 1 aromatic heterocycles.